The van der Waals surface area contributed by atoms with Gasteiger partial charge < -0.3 is 4.90 Å². The third kappa shape index (κ3) is 5.33. The number of rotatable bonds is 6. The lowest BCUT2D eigenvalue weighted by Gasteiger charge is -2.18. The second-order valence-electron chi connectivity index (χ2n) is 5.37. The van der Waals surface area contributed by atoms with Crippen LogP contribution in [0.5, 0.6) is 0 Å². The lowest BCUT2D eigenvalue weighted by atomic mass is 10.1. The molecule has 0 aliphatic carbocycles. The number of hydrogen-bond donors (Lipinski definition) is 1. The van der Waals surface area contributed by atoms with Crippen LogP contribution < -0.4 is 4.72 Å². The number of aryl methyl sites for hydroxylation is 1. The lowest BCUT2D eigenvalue weighted by Crippen LogP contribution is -2.28. The number of carbonyl (C=O) groups excluding carboxylic acids is 1. The van der Waals surface area contributed by atoms with Gasteiger partial charge in [-0.1, -0.05) is 24.3 Å². The van der Waals surface area contributed by atoms with Crippen molar-refractivity contribution in [1.29, 1.82) is 0 Å². The molecule has 0 saturated carbocycles. The normalized spacial score (nSPS) is 11.3. The van der Waals surface area contributed by atoms with Gasteiger partial charge in [0, 0.05) is 19.0 Å². The van der Waals surface area contributed by atoms with Gasteiger partial charge in [0.2, 0.25) is 15.9 Å². The van der Waals surface area contributed by atoms with Crippen molar-refractivity contribution in [2.75, 3.05) is 18.0 Å². The Kier molecular flexibility index (Phi) is 5.38. The molecule has 0 fully saturated rings. The standard InChI is InChI=1S/C15H19N3O3S2/c1-11-6-4-5-7-12(11)9-18(2)14(19)8-13-10-22-15(16-13)17-23(3,20)21/h4-7,10H,8-9H2,1-3H3,(H,16,17). The number of anilines is 1. The SMILES string of the molecule is Cc1ccccc1CN(C)C(=O)Cc1csc(NS(C)(=O)=O)n1. The Hall–Kier alpha value is -1.93. The van der Waals surface area contributed by atoms with Crippen molar-refractivity contribution in [3.63, 3.8) is 0 Å². The van der Waals surface area contributed by atoms with Gasteiger partial charge in [0.05, 0.1) is 18.4 Å². The molecule has 6 nitrogen and oxygen atoms in total. The van der Waals surface area contributed by atoms with Gasteiger partial charge in [-0.05, 0) is 18.1 Å². The van der Waals surface area contributed by atoms with Crippen molar-refractivity contribution in [2.24, 2.45) is 0 Å². The summed E-state index contributed by atoms with van der Waals surface area (Å²) >= 11 is 1.16. The van der Waals surface area contributed by atoms with E-state index in [0.717, 1.165) is 28.7 Å². The molecule has 2 aromatic rings. The second kappa shape index (κ2) is 7.10. The van der Waals surface area contributed by atoms with Crippen LogP contribution in [0.15, 0.2) is 29.6 Å². The molecule has 0 spiro atoms. The van der Waals surface area contributed by atoms with Crippen LogP contribution in [-0.4, -0.2) is 37.5 Å². The molecule has 0 radical (unpaired) electrons. The highest BCUT2D eigenvalue weighted by molar-refractivity contribution is 7.92. The summed E-state index contributed by atoms with van der Waals surface area (Å²) < 4.78 is 24.6. The summed E-state index contributed by atoms with van der Waals surface area (Å²) in [5, 5.41) is 1.96. The predicted molar refractivity (Wildman–Crippen MR) is 91.9 cm³/mol. The van der Waals surface area contributed by atoms with E-state index in [1.165, 1.54) is 0 Å². The molecular formula is C15H19N3O3S2. The minimum atomic E-state index is -3.35. The maximum absolute atomic E-state index is 12.3. The molecule has 0 atom stereocenters. The van der Waals surface area contributed by atoms with Crippen LogP contribution in [0.1, 0.15) is 16.8 Å². The number of likely N-dealkylation sites (N-methyl/N-ethyl adjacent to an activating group) is 1. The monoisotopic (exact) mass is 353 g/mol. The molecule has 8 heteroatoms. The minimum Gasteiger partial charge on any atom is -0.341 e. The molecule has 0 saturated heterocycles. The van der Waals surface area contributed by atoms with Crippen LogP contribution in [0, 0.1) is 6.92 Å². The average molecular weight is 353 g/mol. The van der Waals surface area contributed by atoms with Gasteiger partial charge in [0.15, 0.2) is 5.13 Å². The molecule has 1 heterocycles. The van der Waals surface area contributed by atoms with Crippen LogP contribution in [0.3, 0.4) is 0 Å². The third-order valence-corrected chi connectivity index (χ3v) is 4.75. The van der Waals surface area contributed by atoms with Gasteiger partial charge in [0.25, 0.3) is 0 Å². The summed E-state index contributed by atoms with van der Waals surface area (Å²) in [6.07, 6.45) is 1.21. The molecule has 0 aliphatic heterocycles. The fourth-order valence-electron chi connectivity index (χ4n) is 2.01. The molecule has 0 bridgehead atoms. The fourth-order valence-corrected chi connectivity index (χ4v) is 3.58. The first kappa shape index (κ1) is 17.4. The van der Waals surface area contributed by atoms with Gasteiger partial charge in [-0.2, -0.15) is 0 Å². The van der Waals surface area contributed by atoms with E-state index in [1.54, 1.807) is 17.3 Å². The summed E-state index contributed by atoms with van der Waals surface area (Å²) in [6.45, 7) is 2.54. The van der Waals surface area contributed by atoms with Crippen LogP contribution >= 0.6 is 11.3 Å². The lowest BCUT2D eigenvalue weighted by molar-refractivity contribution is -0.129. The van der Waals surface area contributed by atoms with Crippen molar-refractivity contribution in [1.82, 2.24) is 9.88 Å². The van der Waals surface area contributed by atoms with Crippen LogP contribution in [0.2, 0.25) is 0 Å². The first-order valence-electron chi connectivity index (χ1n) is 6.95. The molecule has 1 aromatic heterocycles. The molecule has 1 aromatic carbocycles. The summed E-state index contributed by atoms with van der Waals surface area (Å²) in [5.74, 6) is -0.0653. The Labute approximate surface area is 140 Å². The highest BCUT2D eigenvalue weighted by Gasteiger charge is 2.14. The van der Waals surface area contributed by atoms with E-state index in [0.29, 0.717) is 12.2 Å². The smallest absolute Gasteiger partial charge is 0.231 e. The summed E-state index contributed by atoms with van der Waals surface area (Å²) in [7, 11) is -1.60. The highest BCUT2D eigenvalue weighted by atomic mass is 32.2. The molecule has 0 aliphatic rings. The van der Waals surface area contributed by atoms with Gasteiger partial charge in [0.1, 0.15) is 0 Å². The number of aromatic nitrogens is 1. The first-order valence-corrected chi connectivity index (χ1v) is 9.72. The molecule has 1 amide bonds. The Morgan fingerprint density at radius 3 is 2.70 bits per heavy atom. The second-order valence-corrected chi connectivity index (χ2v) is 7.98. The molecule has 124 valence electrons. The number of amides is 1. The molecule has 2 rings (SSSR count). The van der Waals surface area contributed by atoms with Gasteiger partial charge >= 0.3 is 0 Å². The number of hydrogen-bond acceptors (Lipinski definition) is 5. The average Bonchev–Trinajstić information content (AvgIpc) is 2.86. The van der Waals surface area contributed by atoms with Crippen molar-refractivity contribution >= 4 is 32.4 Å². The van der Waals surface area contributed by atoms with Crippen molar-refractivity contribution in [2.45, 2.75) is 19.9 Å². The fraction of sp³-hybridized carbons (Fsp3) is 0.333. The largest absolute Gasteiger partial charge is 0.341 e. The van der Waals surface area contributed by atoms with E-state index in [9.17, 15) is 13.2 Å². The molecule has 1 N–H and O–H groups in total. The molecule has 0 unspecified atom stereocenters. The van der Waals surface area contributed by atoms with Crippen LogP contribution in [0.4, 0.5) is 5.13 Å². The highest BCUT2D eigenvalue weighted by Crippen LogP contribution is 2.17. The summed E-state index contributed by atoms with van der Waals surface area (Å²) in [4.78, 5) is 18.0. The van der Waals surface area contributed by atoms with Crippen LogP contribution in [-0.2, 0) is 27.8 Å². The van der Waals surface area contributed by atoms with Crippen molar-refractivity contribution in [3.05, 3.63) is 46.5 Å². The third-order valence-electron chi connectivity index (χ3n) is 3.25. The maximum Gasteiger partial charge on any atom is 0.231 e. The Balaban J connectivity index is 1.97. The van der Waals surface area contributed by atoms with Crippen molar-refractivity contribution < 1.29 is 13.2 Å². The molecular weight excluding hydrogens is 334 g/mol. The first-order chi connectivity index (χ1) is 10.7. The van der Waals surface area contributed by atoms with E-state index in [-0.39, 0.29) is 17.5 Å². The number of thiazole rings is 1. The number of sulfonamides is 1. The number of nitrogens with one attached hydrogen (secondary N) is 1. The quantitative estimate of drug-likeness (QED) is 0.862. The van der Waals surface area contributed by atoms with Crippen LogP contribution in [0.25, 0.3) is 0 Å². The maximum atomic E-state index is 12.3. The Morgan fingerprint density at radius 1 is 1.35 bits per heavy atom. The number of benzene rings is 1. The van der Waals surface area contributed by atoms with E-state index in [1.807, 2.05) is 31.2 Å². The summed E-state index contributed by atoms with van der Waals surface area (Å²) in [6, 6.07) is 7.92. The van der Waals surface area contributed by atoms with Crippen molar-refractivity contribution in [3.8, 4) is 0 Å². The van der Waals surface area contributed by atoms with Gasteiger partial charge in [-0.15, -0.1) is 11.3 Å². The number of nitrogens with zero attached hydrogens (tertiary/aromatic N) is 2. The zero-order valence-electron chi connectivity index (χ0n) is 13.2. The van der Waals surface area contributed by atoms with E-state index >= 15 is 0 Å². The van der Waals surface area contributed by atoms with E-state index < -0.39 is 10.0 Å². The van der Waals surface area contributed by atoms with E-state index in [2.05, 4.69) is 9.71 Å². The Bertz CT molecular complexity index is 800. The Morgan fingerprint density at radius 2 is 2.04 bits per heavy atom. The minimum absolute atomic E-state index is 0.0653. The van der Waals surface area contributed by atoms with Gasteiger partial charge in [-0.25, -0.2) is 13.4 Å². The zero-order chi connectivity index (χ0) is 17.0. The van der Waals surface area contributed by atoms with Gasteiger partial charge in [-0.3, -0.25) is 9.52 Å². The van der Waals surface area contributed by atoms with E-state index in [4.69, 9.17) is 0 Å². The number of carbonyl (C=O) groups is 1. The summed E-state index contributed by atoms with van der Waals surface area (Å²) in [5.41, 5.74) is 2.80. The predicted octanol–water partition coefficient (Wildman–Crippen LogP) is 2.02. The topological polar surface area (TPSA) is 79.4 Å². The molecule has 23 heavy (non-hydrogen) atoms. The zero-order valence-corrected chi connectivity index (χ0v) is 14.9.